The maximum atomic E-state index is 10.7. The molecule has 0 aliphatic carbocycles. The van der Waals surface area contributed by atoms with Crippen LogP contribution in [0, 0.1) is 0 Å². The lowest BCUT2D eigenvalue weighted by Gasteiger charge is -1.94. The van der Waals surface area contributed by atoms with Gasteiger partial charge >= 0.3 is 5.97 Å². The van der Waals surface area contributed by atoms with E-state index in [1.54, 1.807) is 0 Å². The molecule has 1 aromatic rings. The van der Waals surface area contributed by atoms with Gasteiger partial charge in [0.05, 0.1) is 5.69 Å². The molecular weight excluding hydrogens is 216 g/mol. The Morgan fingerprint density at radius 2 is 2.33 bits per heavy atom. The van der Waals surface area contributed by atoms with Crippen LogP contribution in [0.3, 0.4) is 0 Å². The van der Waals surface area contributed by atoms with Crippen LogP contribution in [0.5, 0.6) is 0 Å². The first-order valence-corrected chi connectivity index (χ1v) is 5.39. The minimum atomic E-state index is -0.799. The molecule has 0 bridgehead atoms. The van der Waals surface area contributed by atoms with Gasteiger partial charge in [-0.15, -0.1) is 11.3 Å². The molecule has 0 saturated carbocycles. The van der Waals surface area contributed by atoms with Crippen molar-refractivity contribution in [1.82, 2.24) is 4.98 Å². The van der Waals surface area contributed by atoms with E-state index in [2.05, 4.69) is 10.3 Å². The summed E-state index contributed by atoms with van der Waals surface area (Å²) in [6, 6.07) is 0. The molecule has 82 valence electrons. The number of hydrogen-bond acceptors (Lipinski definition) is 4. The van der Waals surface area contributed by atoms with Gasteiger partial charge in [0.1, 0.15) is 0 Å². The van der Waals surface area contributed by atoms with E-state index in [0.717, 1.165) is 5.69 Å². The number of carboxylic acid groups (broad SMARTS) is 1. The molecule has 0 saturated heterocycles. The zero-order chi connectivity index (χ0) is 11.3. The van der Waals surface area contributed by atoms with Crippen LogP contribution in [-0.4, -0.2) is 22.0 Å². The van der Waals surface area contributed by atoms with Crippen LogP contribution in [-0.2, 0) is 16.0 Å². The Bertz CT molecular complexity index is 362. The number of thiazole rings is 1. The molecule has 1 aromatic heterocycles. The summed E-state index contributed by atoms with van der Waals surface area (Å²) in [7, 11) is 0. The highest BCUT2D eigenvalue weighted by Crippen LogP contribution is 2.16. The van der Waals surface area contributed by atoms with E-state index in [9.17, 15) is 9.59 Å². The molecule has 5 nitrogen and oxygen atoms in total. The van der Waals surface area contributed by atoms with Gasteiger partial charge in [-0.2, -0.15) is 0 Å². The Hall–Kier alpha value is -1.43. The lowest BCUT2D eigenvalue weighted by molar-refractivity contribution is -0.137. The zero-order valence-electron chi connectivity index (χ0n) is 8.32. The molecule has 1 heterocycles. The quantitative estimate of drug-likeness (QED) is 0.800. The number of anilines is 1. The molecule has 0 unspecified atom stereocenters. The Morgan fingerprint density at radius 3 is 2.93 bits per heavy atom. The summed E-state index contributed by atoms with van der Waals surface area (Å²) in [6.07, 6.45) is 1.34. The lowest BCUT2D eigenvalue weighted by Crippen LogP contribution is -2.05. The van der Waals surface area contributed by atoms with E-state index in [0.29, 0.717) is 18.0 Å². The van der Waals surface area contributed by atoms with Gasteiger partial charge in [-0.05, 0) is 12.8 Å². The molecule has 0 spiro atoms. The number of carbonyl (C=O) groups excluding carboxylic acids is 1. The number of aromatic nitrogens is 1. The number of carboxylic acids is 1. The number of nitrogens with one attached hydrogen (secondary N) is 1. The van der Waals surface area contributed by atoms with Crippen LogP contribution in [0.15, 0.2) is 5.38 Å². The average molecular weight is 228 g/mol. The van der Waals surface area contributed by atoms with Crippen LogP contribution < -0.4 is 5.32 Å². The summed E-state index contributed by atoms with van der Waals surface area (Å²) < 4.78 is 0. The van der Waals surface area contributed by atoms with Gasteiger partial charge in [0, 0.05) is 18.7 Å². The Labute approximate surface area is 91.1 Å². The third-order valence-corrected chi connectivity index (χ3v) is 2.46. The number of nitrogens with zero attached hydrogens (tertiary/aromatic N) is 1. The van der Waals surface area contributed by atoms with Crippen molar-refractivity contribution >= 4 is 28.3 Å². The molecule has 0 aliphatic rings. The van der Waals surface area contributed by atoms with Gasteiger partial charge < -0.3 is 10.4 Å². The van der Waals surface area contributed by atoms with Gasteiger partial charge in [0.25, 0.3) is 0 Å². The molecule has 1 amide bonds. The Kier molecular flexibility index (Phi) is 4.23. The van der Waals surface area contributed by atoms with E-state index < -0.39 is 5.97 Å². The first-order valence-electron chi connectivity index (χ1n) is 4.51. The average Bonchev–Trinajstić information content (AvgIpc) is 2.50. The predicted octanol–water partition coefficient (Wildman–Crippen LogP) is 1.51. The monoisotopic (exact) mass is 228 g/mol. The van der Waals surface area contributed by atoms with E-state index in [-0.39, 0.29) is 12.3 Å². The second-order valence-electron chi connectivity index (χ2n) is 3.07. The molecule has 0 aliphatic heterocycles. The van der Waals surface area contributed by atoms with E-state index in [1.807, 2.05) is 5.38 Å². The summed E-state index contributed by atoms with van der Waals surface area (Å²) in [6.45, 7) is 1.42. The maximum Gasteiger partial charge on any atom is 0.303 e. The minimum Gasteiger partial charge on any atom is -0.481 e. The summed E-state index contributed by atoms with van der Waals surface area (Å²) in [5.41, 5.74) is 0.824. The van der Waals surface area contributed by atoms with E-state index >= 15 is 0 Å². The third-order valence-electron chi connectivity index (χ3n) is 1.66. The number of rotatable bonds is 5. The first-order chi connectivity index (χ1) is 7.08. The van der Waals surface area contributed by atoms with Gasteiger partial charge in [0.2, 0.25) is 5.91 Å². The van der Waals surface area contributed by atoms with E-state index in [1.165, 1.54) is 18.3 Å². The smallest absolute Gasteiger partial charge is 0.303 e. The van der Waals surface area contributed by atoms with Crippen molar-refractivity contribution in [2.45, 2.75) is 26.2 Å². The summed E-state index contributed by atoms with van der Waals surface area (Å²) in [4.78, 5) is 25.1. The second kappa shape index (κ2) is 5.45. The largest absolute Gasteiger partial charge is 0.481 e. The van der Waals surface area contributed by atoms with Crippen LogP contribution in [0.4, 0.5) is 5.13 Å². The fraction of sp³-hybridized carbons (Fsp3) is 0.444. The van der Waals surface area contributed by atoms with Gasteiger partial charge in [0.15, 0.2) is 5.13 Å². The summed E-state index contributed by atoms with van der Waals surface area (Å²) >= 11 is 1.35. The van der Waals surface area contributed by atoms with Crippen molar-refractivity contribution in [2.24, 2.45) is 0 Å². The zero-order valence-corrected chi connectivity index (χ0v) is 9.13. The fourth-order valence-corrected chi connectivity index (χ4v) is 1.84. The van der Waals surface area contributed by atoms with Crippen LogP contribution >= 0.6 is 11.3 Å². The molecule has 0 aromatic carbocycles. The molecular formula is C9H12N2O3S. The standard InChI is InChI=1S/C9H12N2O3S/c1-6(12)10-9-11-7(5-15-9)3-2-4-8(13)14/h5H,2-4H2,1H3,(H,13,14)(H,10,11,12). The molecule has 0 atom stereocenters. The van der Waals surface area contributed by atoms with Crippen LogP contribution in [0.25, 0.3) is 0 Å². The van der Waals surface area contributed by atoms with E-state index in [4.69, 9.17) is 5.11 Å². The van der Waals surface area contributed by atoms with Gasteiger partial charge in [-0.1, -0.05) is 0 Å². The number of amides is 1. The highest BCUT2D eigenvalue weighted by Gasteiger charge is 2.04. The number of aliphatic carboxylic acids is 1. The van der Waals surface area contributed by atoms with Crippen molar-refractivity contribution in [3.05, 3.63) is 11.1 Å². The first kappa shape index (κ1) is 11.6. The minimum absolute atomic E-state index is 0.146. The van der Waals surface area contributed by atoms with Crippen molar-refractivity contribution in [3.63, 3.8) is 0 Å². The molecule has 1 rings (SSSR count). The maximum absolute atomic E-state index is 10.7. The topological polar surface area (TPSA) is 79.3 Å². The lowest BCUT2D eigenvalue weighted by atomic mass is 10.2. The highest BCUT2D eigenvalue weighted by atomic mass is 32.1. The van der Waals surface area contributed by atoms with Crippen molar-refractivity contribution in [2.75, 3.05) is 5.32 Å². The van der Waals surface area contributed by atoms with Crippen molar-refractivity contribution in [1.29, 1.82) is 0 Å². The number of aryl methyl sites for hydroxylation is 1. The third kappa shape index (κ3) is 4.55. The van der Waals surface area contributed by atoms with Gasteiger partial charge in [-0.3, -0.25) is 9.59 Å². The van der Waals surface area contributed by atoms with Crippen molar-refractivity contribution < 1.29 is 14.7 Å². The number of hydrogen-bond donors (Lipinski definition) is 2. The highest BCUT2D eigenvalue weighted by molar-refractivity contribution is 7.13. The van der Waals surface area contributed by atoms with Crippen LogP contribution in [0.2, 0.25) is 0 Å². The predicted molar refractivity (Wildman–Crippen MR) is 57.0 cm³/mol. The SMILES string of the molecule is CC(=O)Nc1nc(CCCC(=O)O)cs1. The Balaban J connectivity index is 2.39. The molecule has 2 N–H and O–H groups in total. The summed E-state index contributed by atoms with van der Waals surface area (Å²) in [5, 5.41) is 13.4. The summed E-state index contributed by atoms with van der Waals surface area (Å²) in [5.74, 6) is -0.950. The molecule has 6 heteroatoms. The Morgan fingerprint density at radius 1 is 1.60 bits per heavy atom. The number of carbonyl (C=O) groups is 2. The van der Waals surface area contributed by atoms with Gasteiger partial charge in [-0.25, -0.2) is 4.98 Å². The van der Waals surface area contributed by atoms with Crippen molar-refractivity contribution in [3.8, 4) is 0 Å². The molecule has 15 heavy (non-hydrogen) atoms. The molecule has 0 fully saturated rings. The normalized spacial score (nSPS) is 9.93. The molecule has 0 radical (unpaired) electrons. The fourth-order valence-electron chi connectivity index (χ4n) is 1.05. The van der Waals surface area contributed by atoms with Crippen LogP contribution in [0.1, 0.15) is 25.5 Å². The second-order valence-corrected chi connectivity index (χ2v) is 3.93.